The van der Waals surface area contributed by atoms with Gasteiger partial charge in [0.2, 0.25) is 5.91 Å². The molecule has 0 spiro atoms. The lowest BCUT2D eigenvalue weighted by Crippen LogP contribution is -2.38. The molecule has 1 amide bonds. The molecule has 0 aromatic heterocycles. The number of carbonyl (C=O) groups excluding carboxylic acids is 1. The number of ether oxygens (including phenoxy) is 1. The van der Waals surface area contributed by atoms with Crippen molar-refractivity contribution < 1.29 is 9.53 Å². The van der Waals surface area contributed by atoms with E-state index in [0.717, 1.165) is 44.8 Å². The van der Waals surface area contributed by atoms with Gasteiger partial charge in [-0.15, -0.1) is 12.4 Å². The molecule has 1 aliphatic heterocycles. The van der Waals surface area contributed by atoms with E-state index < -0.39 is 0 Å². The number of amides is 1. The predicted molar refractivity (Wildman–Crippen MR) is 96.4 cm³/mol. The maximum absolute atomic E-state index is 11.9. The van der Waals surface area contributed by atoms with Crippen molar-refractivity contribution in [3.63, 3.8) is 0 Å². The molecule has 0 saturated carbocycles. The standard InChI is InChI=1S/C18H28N2O2.ClH/c1-2-12-22-17-8-5-15(6-9-17)7-10-18(21)20-14-16-4-3-11-19-13-16;/h5-6,8-9,16,19H,2-4,7,10-14H2,1H3,(H,20,21);1H. The van der Waals surface area contributed by atoms with Crippen LogP contribution in [0.3, 0.4) is 0 Å². The molecule has 0 aliphatic carbocycles. The molecule has 130 valence electrons. The quantitative estimate of drug-likeness (QED) is 0.765. The number of hydrogen-bond donors (Lipinski definition) is 2. The summed E-state index contributed by atoms with van der Waals surface area (Å²) in [6.07, 6.45) is 4.77. The zero-order chi connectivity index (χ0) is 15.6. The third kappa shape index (κ3) is 7.71. The van der Waals surface area contributed by atoms with E-state index in [1.165, 1.54) is 18.4 Å². The number of halogens is 1. The monoisotopic (exact) mass is 340 g/mol. The first-order valence-electron chi connectivity index (χ1n) is 8.47. The highest BCUT2D eigenvalue weighted by Gasteiger charge is 2.13. The summed E-state index contributed by atoms with van der Waals surface area (Å²) >= 11 is 0. The molecular weight excluding hydrogens is 312 g/mol. The Kier molecular flexibility index (Phi) is 9.72. The first-order chi connectivity index (χ1) is 10.8. The third-order valence-corrected chi connectivity index (χ3v) is 4.02. The van der Waals surface area contributed by atoms with Crippen LogP contribution < -0.4 is 15.4 Å². The van der Waals surface area contributed by atoms with E-state index in [1.807, 2.05) is 24.3 Å². The van der Waals surface area contributed by atoms with E-state index in [9.17, 15) is 4.79 Å². The van der Waals surface area contributed by atoms with Crippen molar-refractivity contribution in [2.75, 3.05) is 26.2 Å². The molecule has 5 heteroatoms. The number of benzene rings is 1. The highest BCUT2D eigenvalue weighted by molar-refractivity contribution is 5.85. The summed E-state index contributed by atoms with van der Waals surface area (Å²) in [5.74, 6) is 1.64. The lowest BCUT2D eigenvalue weighted by atomic mass is 10.00. The van der Waals surface area contributed by atoms with Gasteiger partial charge in [0.25, 0.3) is 0 Å². The second-order valence-corrected chi connectivity index (χ2v) is 6.01. The Morgan fingerprint density at radius 3 is 2.78 bits per heavy atom. The predicted octanol–water partition coefficient (Wildman–Crippen LogP) is 2.95. The fourth-order valence-electron chi connectivity index (χ4n) is 2.67. The maximum atomic E-state index is 11.9. The van der Waals surface area contributed by atoms with Crippen LogP contribution in [0, 0.1) is 5.92 Å². The topological polar surface area (TPSA) is 50.4 Å². The molecule has 1 atom stereocenters. The average molecular weight is 341 g/mol. The summed E-state index contributed by atoms with van der Waals surface area (Å²) in [4.78, 5) is 11.9. The van der Waals surface area contributed by atoms with Gasteiger partial charge in [-0.25, -0.2) is 0 Å². The Bertz CT molecular complexity index is 445. The SMILES string of the molecule is CCCOc1ccc(CCC(=O)NCC2CCCNC2)cc1.Cl. The summed E-state index contributed by atoms with van der Waals surface area (Å²) in [7, 11) is 0. The molecule has 1 saturated heterocycles. The number of rotatable bonds is 8. The number of piperidine rings is 1. The molecule has 1 heterocycles. The van der Waals surface area contributed by atoms with Gasteiger partial charge in [0.1, 0.15) is 5.75 Å². The molecule has 0 radical (unpaired) electrons. The van der Waals surface area contributed by atoms with Crippen LogP contribution in [0.2, 0.25) is 0 Å². The van der Waals surface area contributed by atoms with Crippen LogP contribution in [0.15, 0.2) is 24.3 Å². The summed E-state index contributed by atoms with van der Waals surface area (Å²) in [5.41, 5.74) is 1.18. The van der Waals surface area contributed by atoms with Crippen molar-refractivity contribution in [2.24, 2.45) is 5.92 Å². The van der Waals surface area contributed by atoms with Crippen molar-refractivity contribution in [3.05, 3.63) is 29.8 Å². The molecule has 23 heavy (non-hydrogen) atoms. The highest BCUT2D eigenvalue weighted by atomic mass is 35.5. The van der Waals surface area contributed by atoms with Gasteiger partial charge >= 0.3 is 0 Å². The molecule has 1 aromatic carbocycles. The fourth-order valence-corrected chi connectivity index (χ4v) is 2.67. The molecule has 2 N–H and O–H groups in total. The molecule has 0 bridgehead atoms. The first kappa shape index (κ1) is 19.8. The van der Waals surface area contributed by atoms with Gasteiger partial charge in [0.05, 0.1) is 6.61 Å². The van der Waals surface area contributed by atoms with E-state index in [-0.39, 0.29) is 18.3 Å². The minimum Gasteiger partial charge on any atom is -0.494 e. The number of hydrogen-bond acceptors (Lipinski definition) is 3. The summed E-state index contributed by atoms with van der Waals surface area (Å²) in [5, 5.41) is 6.43. The van der Waals surface area contributed by atoms with Gasteiger partial charge in [0.15, 0.2) is 0 Å². The Labute approximate surface area is 145 Å². The zero-order valence-corrected chi connectivity index (χ0v) is 14.8. The third-order valence-electron chi connectivity index (χ3n) is 4.02. The molecule has 1 aromatic rings. The largest absolute Gasteiger partial charge is 0.494 e. The van der Waals surface area contributed by atoms with Crippen molar-refractivity contribution in [3.8, 4) is 5.75 Å². The van der Waals surface area contributed by atoms with E-state index >= 15 is 0 Å². The van der Waals surface area contributed by atoms with E-state index in [4.69, 9.17) is 4.74 Å². The van der Waals surface area contributed by atoms with Crippen molar-refractivity contribution in [1.82, 2.24) is 10.6 Å². The minimum absolute atomic E-state index is 0. The molecule has 1 unspecified atom stereocenters. The number of carbonyl (C=O) groups is 1. The van der Waals surface area contributed by atoms with Crippen LogP contribution in [0.4, 0.5) is 0 Å². The Morgan fingerprint density at radius 1 is 1.35 bits per heavy atom. The Hall–Kier alpha value is -1.26. The number of nitrogens with one attached hydrogen (secondary N) is 2. The van der Waals surface area contributed by atoms with Crippen LogP contribution in [0.5, 0.6) is 5.75 Å². The van der Waals surface area contributed by atoms with Crippen LogP contribution in [0.25, 0.3) is 0 Å². The second-order valence-electron chi connectivity index (χ2n) is 6.01. The van der Waals surface area contributed by atoms with Gasteiger partial charge in [-0.05, 0) is 62.4 Å². The van der Waals surface area contributed by atoms with Gasteiger partial charge in [-0.1, -0.05) is 19.1 Å². The van der Waals surface area contributed by atoms with Crippen LogP contribution >= 0.6 is 12.4 Å². The summed E-state index contributed by atoms with van der Waals surface area (Å²) in [6.45, 7) is 5.78. The van der Waals surface area contributed by atoms with Crippen LogP contribution in [0.1, 0.15) is 38.2 Å². The van der Waals surface area contributed by atoms with Gasteiger partial charge in [-0.2, -0.15) is 0 Å². The number of aryl methyl sites for hydroxylation is 1. The normalized spacial score (nSPS) is 17.2. The van der Waals surface area contributed by atoms with E-state index in [1.54, 1.807) is 0 Å². The van der Waals surface area contributed by atoms with E-state index in [0.29, 0.717) is 12.3 Å². The second kappa shape index (κ2) is 11.3. The van der Waals surface area contributed by atoms with Gasteiger partial charge < -0.3 is 15.4 Å². The van der Waals surface area contributed by atoms with Gasteiger partial charge in [0, 0.05) is 13.0 Å². The van der Waals surface area contributed by atoms with Crippen molar-refractivity contribution in [2.45, 2.75) is 39.0 Å². The van der Waals surface area contributed by atoms with Crippen LogP contribution in [-0.4, -0.2) is 32.1 Å². The lowest BCUT2D eigenvalue weighted by molar-refractivity contribution is -0.121. The Morgan fingerprint density at radius 2 is 2.13 bits per heavy atom. The average Bonchev–Trinajstić information content (AvgIpc) is 2.58. The van der Waals surface area contributed by atoms with Crippen molar-refractivity contribution >= 4 is 18.3 Å². The molecule has 4 nitrogen and oxygen atoms in total. The van der Waals surface area contributed by atoms with Gasteiger partial charge in [-0.3, -0.25) is 4.79 Å². The summed E-state index contributed by atoms with van der Waals surface area (Å²) in [6, 6.07) is 8.06. The van der Waals surface area contributed by atoms with E-state index in [2.05, 4.69) is 17.6 Å². The maximum Gasteiger partial charge on any atom is 0.220 e. The summed E-state index contributed by atoms with van der Waals surface area (Å²) < 4.78 is 5.56. The molecule has 1 fully saturated rings. The highest BCUT2D eigenvalue weighted by Crippen LogP contribution is 2.14. The first-order valence-corrected chi connectivity index (χ1v) is 8.47. The molecular formula is C18H29ClN2O2. The Balaban J connectivity index is 0.00000264. The van der Waals surface area contributed by atoms with Crippen molar-refractivity contribution in [1.29, 1.82) is 0 Å². The lowest BCUT2D eigenvalue weighted by Gasteiger charge is -2.22. The molecule has 2 rings (SSSR count). The fraction of sp³-hybridized carbons (Fsp3) is 0.611. The minimum atomic E-state index is 0. The zero-order valence-electron chi connectivity index (χ0n) is 14.0. The smallest absolute Gasteiger partial charge is 0.220 e. The van der Waals surface area contributed by atoms with Crippen LogP contribution in [-0.2, 0) is 11.2 Å². The molecule has 1 aliphatic rings.